The van der Waals surface area contributed by atoms with Gasteiger partial charge in [-0.2, -0.15) is 5.53 Å². The number of hydrazine groups is 2. The molecule has 74 valence electrons. The van der Waals surface area contributed by atoms with E-state index in [1.807, 2.05) is 19.1 Å². The van der Waals surface area contributed by atoms with Crippen LogP contribution >= 0.6 is 0 Å². The smallest absolute Gasteiger partial charge is 0.0141 e. The van der Waals surface area contributed by atoms with Crippen LogP contribution < -0.4 is 5.53 Å². The molecule has 0 unspecified atom stereocenters. The van der Waals surface area contributed by atoms with Gasteiger partial charge in [0.1, 0.15) is 0 Å². The number of unbranched alkanes of at least 4 members (excludes halogenated alkanes) is 3. The molecule has 0 heterocycles. The molecule has 0 rings (SSSR count). The van der Waals surface area contributed by atoms with Crippen LogP contribution in [-0.2, 0) is 0 Å². The van der Waals surface area contributed by atoms with Crippen molar-refractivity contribution in [2.45, 2.75) is 32.6 Å². The predicted octanol–water partition coefficient (Wildman–Crippen LogP) is 1.48. The molecule has 0 aromatic carbocycles. The van der Waals surface area contributed by atoms with Gasteiger partial charge >= 0.3 is 0 Å². The van der Waals surface area contributed by atoms with Gasteiger partial charge in [0.15, 0.2) is 0 Å². The monoisotopic (exact) mass is 173 g/mol. The number of nitrogens with zero attached hydrogens (tertiary/aromatic N) is 2. The Morgan fingerprint density at radius 3 is 2.17 bits per heavy atom. The third-order valence-electron chi connectivity index (χ3n) is 1.72. The summed E-state index contributed by atoms with van der Waals surface area (Å²) in [7, 11) is 6.08. The first-order valence-corrected chi connectivity index (χ1v) is 4.81. The molecule has 0 aliphatic carbocycles. The molecule has 0 spiro atoms. The SMILES string of the molecule is CCCCCCN(C)NN(C)C. The average molecular weight is 173 g/mol. The van der Waals surface area contributed by atoms with Crippen molar-refractivity contribution in [2.75, 3.05) is 27.7 Å². The van der Waals surface area contributed by atoms with E-state index in [0.29, 0.717) is 0 Å². The Morgan fingerprint density at radius 1 is 1.00 bits per heavy atom. The highest BCUT2D eigenvalue weighted by Gasteiger charge is 1.96. The molecule has 0 amide bonds. The minimum absolute atomic E-state index is 1.12. The molecular formula is C9H23N3. The molecule has 3 heteroatoms. The summed E-state index contributed by atoms with van der Waals surface area (Å²) in [6.07, 6.45) is 5.29. The largest absolute Gasteiger partial charge is 0.237 e. The van der Waals surface area contributed by atoms with Gasteiger partial charge in [0.25, 0.3) is 0 Å². The average Bonchev–Trinajstić information content (AvgIpc) is 1.97. The van der Waals surface area contributed by atoms with E-state index in [9.17, 15) is 0 Å². The third kappa shape index (κ3) is 7.98. The van der Waals surface area contributed by atoms with Gasteiger partial charge in [-0.3, -0.25) is 0 Å². The van der Waals surface area contributed by atoms with E-state index in [1.165, 1.54) is 25.7 Å². The van der Waals surface area contributed by atoms with Crippen LogP contribution in [0.25, 0.3) is 0 Å². The van der Waals surface area contributed by atoms with Gasteiger partial charge < -0.3 is 0 Å². The van der Waals surface area contributed by atoms with Gasteiger partial charge in [-0.05, 0) is 6.42 Å². The van der Waals surface area contributed by atoms with Gasteiger partial charge in [0.2, 0.25) is 0 Å². The zero-order valence-corrected chi connectivity index (χ0v) is 8.93. The van der Waals surface area contributed by atoms with Crippen LogP contribution in [-0.4, -0.2) is 37.7 Å². The first-order valence-electron chi connectivity index (χ1n) is 4.81. The Hall–Kier alpha value is -0.120. The molecule has 0 aromatic heterocycles. The molecule has 0 saturated heterocycles. The quantitative estimate of drug-likeness (QED) is 0.465. The molecule has 0 bridgehead atoms. The van der Waals surface area contributed by atoms with Crippen LogP contribution in [0.15, 0.2) is 0 Å². The van der Waals surface area contributed by atoms with E-state index in [4.69, 9.17) is 0 Å². The van der Waals surface area contributed by atoms with Crippen molar-refractivity contribution in [1.29, 1.82) is 0 Å². The minimum Gasteiger partial charge on any atom is -0.237 e. The first kappa shape index (κ1) is 11.9. The Bertz CT molecular complexity index is 93.8. The van der Waals surface area contributed by atoms with E-state index >= 15 is 0 Å². The fourth-order valence-corrected chi connectivity index (χ4v) is 1.17. The van der Waals surface area contributed by atoms with Crippen LogP contribution in [0.2, 0.25) is 0 Å². The van der Waals surface area contributed by atoms with Crippen molar-refractivity contribution < 1.29 is 0 Å². The fraction of sp³-hybridized carbons (Fsp3) is 1.00. The molecule has 0 fully saturated rings. The van der Waals surface area contributed by atoms with Crippen molar-refractivity contribution in [1.82, 2.24) is 15.6 Å². The van der Waals surface area contributed by atoms with Crippen molar-refractivity contribution in [3.8, 4) is 0 Å². The fourth-order valence-electron chi connectivity index (χ4n) is 1.17. The summed E-state index contributed by atoms with van der Waals surface area (Å²) in [5.74, 6) is 0. The van der Waals surface area contributed by atoms with E-state index < -0.39 is 0 Å². The highest BCUT2D eigenvalue weighted by atomic mass is 15.7. The summed E-state index contributed by atoms with van der Waals surface area (Å²) < 4.78 is 0. The van der Waals surface area contributed by atoms with Crippen molar-refractivity contribution in [3.63, 3.8) is 0 Å². The lowest BCUT2D eigenvalue weighted by molar-refractivity contribution is 0.0849. The molecule has 0 atom stereocenters. The maximum Gasteiger partial charge on any atom is 0.0141 e. The topological polar surface area (TPSA) is 18.5 Å². The molecule has 0 radical (unpaired) electrons. The molecule has 0 aromatic rings. The summed E-state index contributed by atoms with van der Waals surface area (Å²) in [6.45, 7) is 3.36. The van der Waals surface area contributed by atoms with Crippen LogP contribution in [0.4, 0.5) is 0 Å². The Balaban J connectivity index is 3.14. The Labute approximate surface area is 76.7 Å². The van der Waals surface area contributed by atoms with Crippen LogP contribution in [0.3, 0.4) is 0 Å². The summed E-state index contributed by atoms with van der Waals surface area (Å²) in [5, 5.41) is 4.08. The van der Waals surface area contributed by atoms with Gasteiger partial charge in [-0.25, -0.2) is 10.0 Å². The molecule has 12 heavy (non-hydrogen) atoms. The zero-order chi connectivity index (χ0) is 9.40. The highest BCUT2D eigenvalue weighted by molar-refractivity contribution is 4.45. The lowest BCUT2D eigenvalue weighted by Gasteiger charge is -2.22. The van der Waals surface area contributed by atoms with Gasteiger partial charge in [-0.15, -0.1) is 0 Å². The molecule has 0 aliphatic heterocycles. The second kappa shape index (κ2) is 7.53. The maximum absolute atomic E-state index is 3.19. The standard InChI is InChI=1S/C9H23N3/c1-5-6-7-8-9-12(4)10-11(2)3/h10H,5-9H2,1-4H3. The van der Waals surface area contributed by atoms with Crippen molar-refractivity contribution in [3.05, 3.63) is 0 Å². The Morgan fingerprint density at radius 2 is 1.67 bits per heavy atom. The minimum atomic E-state index is 1.12. The molecule has 0 aliphatic rings. The van der Waals surface area contributed by atoms with Crippen LogP contribution in [0.1, 0.15) is 32.6 Å². The molecule has 1 N–H and O–H groups in total. The van der Waals surface area contributed by atoms with Crippen LogP contribution in [0, 0.1) is 0 Å². The second-order valence-electron chi connectivity index (χ2n) is 3.48. The second-order valence-corrected chi connectivity index (χ2v) is 3.48. The van der Waals surface area contributed by atoms with Gasteiger partial charge in [0, 0.05) is 27.7 Å². The van der Waals surface area contributed by atoms with E-state index in [0.717, 1.165) is 6.54 Å². The molecular weight excluding hydrogens is 150 g/mol. The maximum atomic E-state index is 3.19. The zero-order valence-electron chi connectivity index (χ0n) is 8.93. The van der Waals surface area contributed by atoms with Gasteiger partial charge in [-0.1, -0.05) is 26.2 Å². The summed E-state index contributed by atoms with van der Waals surface area (Å²) >= 11 is 0. The van der Waals surface area contributed by atoms with E-state index in [-0.39, 0.29) is 0 Å². The lowest BCUT2D eigenvalue weighted by Crippen LogP contribution is -2.44. The molecule has 3 nitrogen and oxygen atoms in total. The van der Waals surface area contributed by atoms with Crippen LogP contribution in [0.5, 0.6) is 0 Å². The Kier molecular flexibility index (Phi) is 7.45. The third-order valence-corrected chi connectivity index (χ3v) is 1.72. The number of rotatable bonds is 7. The van der Waals surface area contributed by atoms with Crippen molar-refractivity contribution >= 4 is 0 Å². The predicted molar refractivity (Wildman–Crippen MR) is 53.6 cm³/mol. The number of hydrogen-bond donors (Lipinski definition) is 1. The number of nitrogens with one attached hydrogen (secondary N) is 1. The summed E-state index contributed by atoms with van der Waals surface area (Å²) in [5.41, 5.74) is 3.19. The van der Waals surface area contributed by atoms with Gasteiger partial charge in [0.05, 0.1) is 0 Å². The van der Waals surface area contributed by atoms with Crippen molar-refractivity contribution in [2.24, 2.45) is 0 Å². The number of hydrogen-bond acceptors (Lipinski definition) is 3. The van der Waals surface area contributed by atoms with E-state index in [2.05, 4.69) is 24.5 Å². The summed E-state index contributed by atoms with van der Waals surface area (Å²) in [4.78, 5) is 0. The molecule has 0 saturated carbocycles. The highest BCUT2D eigenvalue weighted by Crippen LogP contribution is 1.98. The summed E-state index contributed by atoms with van der Waals surface area (Å²) in [6, 6.07) is 0. The normalized spacial score (nSPS) is 11.5. The first-order chi connectivity index (χ1) is 5.66. The lowest BCUT2D eigenvalue weighted by atomic mass is 10.2. The van der Waals surface area contributed by atoms with E-state index in [1.54, 1.807) is 0 Å².